The van der Waals surface area contributed by atoms with Gasteiger partial charge >= 0.3 is 5.97 Å². The lowest BCUT2D eigenvalue weighted by Gasteiger charge is -2.38. The molecule has 1 unspecified atom stereocenters. The molecular formula is C23H22O12. The van der Waals surface area contributed by atoms with Crippen LogP contribution in [0.15, 0.2) is 45.6 Å². The van der Waals surface area contributed by atoms with Gasteiger partial charge < -0.3 is 48.9 Å². The highest BCUT2D eigenvalue weighted by atomic mass is 16.7. The summed E-state index contributed by atoms with van der Waals surface area (Å²) in [6, 6.07) is 8.49. The van der Waals surface area contributed by atoms with Crippen LogP contribution in [0.5, 0.6) is 23.0 Å². The average Bonchev–Trinajstić information content (AvgIpc) is 2.85. The molecule has 35 heavy (non-hydrogen) atoms. The average molecular weight is 490 g/mol. The van der Waals surface area contributed by atoms with Crippen molar-refractivity contribution in [1.82, 2.24) is 0 Å². The zero-order valence-corrected chi connectivity index (χ0v) is 18.4. The Morgan fingerprint density at radius 3 is 2.31 bits per heavy atom. The highest BCUT2D eigenvalue weighted by Gasteiger charge is 2.48. The third kappa shape index (κ3) is 4.35. The number of methoxy groups -OCH3 is 2. The van der Waals surface area contributed by atoms with E-state index < -0.39 is 47.9 Å². The van der Waals surface area contributed by atoms with E-state index in [4.69, 9.17) is 23.4 Å². The Hall–Kier alpha value is -3.84. The van der Waals surface area contributed by atoms with Crippen molar-refractivity contribution in [2.24, 2.45) is 0 Å². The molecule has 186 valence electrons. The zero-order valence-electron chi connectivity index (χ0n) is 18.4. The molecule has 1 aliphatic rings. The van der Waals surface area contributed by atoms with Gasteiger partial charge in [0.1, 0.15) is 29.6 Å². The molecule has 5 N–H and O–H groups in total. The number of rotatable bonds is 6. The highest BCUT2D eigenvalue weighted by Crippen LogP contribution is 2.37. The van der Waals surface area contributed by atoms with Crippen molar-refractivity contribution in [2.45, 2.75) is 30.7 Å². The van der Waals surface area contributed by atoms with Gasteiger partial charge in [0.05, 0.1) is 19.6 Å². The van der Waals surface area contributed by atoms with Crippen LogP contribution in [-0.4, -0.2) is 76.4 Å². The fourth-order valence-electron chi connectivity index (χ4n) is 3.69. The fraction of sp³-hybridized carbons (Fsp3) is 0.304. The molecule has 1 aromatic heterocycles. The Morgan fingerprint density at radius 1 is 0.943 bits per heavy atom. The molecule has 1 fully saturated rings. The van der Waals surface area contributed by atoms with Crippen molar-refractivity contribution < 1.29 is 53.7 Å². The predicted molar refractivity (Wildman–Crippen MR) is 118 cm³/mol. The van der Waals surface area contributed by atoms with Crippen molar-refractivity contribution in [3.05, 3.63) is 46.6 Å². The summed E-state index contributed by atoms with van der Waals surface area (Å²) in [6.45, 7) is 0. The SMILES string of the molecule is COc1ccc(-c2oc3cc(OC4O[C@H](C(=O)O)[C@@H](O)[C@H](O)[C@H]4O)ccc3c(=O)c2O)cc1OC. The first kappa shape index (κ1) is 24.3. The van der Waals surface area contributed by atoms with Crippen molar-refractivity contribution in [1.29, 1.82) is 0 Å². The van der Waals surface area contributed by atoms with E-state index in [0.717, 1.165) is 0 Å². The van der Waals surface area contributed by atoms with Crippen LogP contribution in [0, 0.1) is 0 Å². The molecule has 0 aliphatic carbocycles. The van der Waals surface area contributed by atoms with Crippen LogP contribution in [0.3, 0.4) is 0 Å². The summed E-state index contributed by atoms with van der Waals surface area (Å²) in [5, 5.41) is 49.6. The minimum atomic E-state index is -1.87. The summed E-state index contributed by atoms with van der Waals surface area (Å²) in [7, 11) is 2.88. The molecule has 0 amide bonds. The number of hydrogen-bond donors (Lipinski definition) is 5. The van der Waals surface area contributed by atoms with E-state index >= 15 is 0 Å². The molecule has 1 aliphatic heterocycles. The molecule has 0 bridgehead atoms. The van der Waals surface area contributed by atoms with Crippen molar-refractivity contribution >= 4 is 16.9 Å². The number of benzene rings is 2. The van der Waals surface area contributed by atoms with Gasteiger partial charge in [-0.15, -0.1) is 0 Å². The monoisotopic (exact) mass is 490 g/mol. The molecule has 0 radical (unpaired) electrons. The second-order valence-corrected chi connectivity index (χ2v) is 7.69. The van der Waals surface area contributed by atoms with Crippen molar-refractivity contribution in [2.75, 3.05) is 14.2 Å². The van der Waals surface area contributed by atoms with Gasteiger partial charge in [-0.05, 0) is 30.3 Å². The first-order valence-corrected chi connectivity index (χ1v) is 10.3. The summed E-state index contributed by atoms with van der Waals surface area (Å²) in [4.78, 5) is 24.0. The van der Waals surface area contributed by atoms with Crippen molar-refractivity contribution in [3.63, 3.8) is 0 Å². The standard InChI is InChI=1S/C23H22O12/c1-31-12-6-3-9(7-14(12)32-2)20-17(26)15(24)11-5-4-10(8-13(11)34-20)33-23-19(28)16(25)18(27)21(35-23)22(29)30/h3-8,16,18-19,21,23,25-28H,1-2H3,(H,29,30)/t16-,18-,19+,21-,23?/m0/s1. The number of aliphatic carboxylic acids is 1. The molecule has 2 heterocycles. The summed E-state index contributed by atoms with van der Waals surface area (Å²) in [6.07, 6.45) is -8.98. The Bertz CT molecular complexity index is 1320. The number of fused-ring (bicyclic) bond motifs is 1. The van der Waals surface area contributed by atoms with Crippen LogP contribution in [0.25, 0.3) is 22.3 Å². The van der Waals surface area contributed by atoms with Gasteiger partial charge in [0.2, 0.25) is 17.5 Å². The van der Waals surface area contributed by atoms with Crippen LogP contribution in [0.2, 0.25) is 0 Å². The van der Waals surface area contributed by atoms with Crippen molar-refractivity contribution in [3.8, 4) is 34.3 Å². The van der Waals surface area contributed by atoms with Crippen LogP contribution in [0.4, 0.5) is 0 Å². The lowest BCUT2D eigenvalue weighted by Crippen LogP contribution is -2.61. The van der Waals surface area contributed by atoms with E-state index in [-0.39, 0.29) is 22.5 Å². The number of aliphatic hydroxyl groups is 3. The lowest BCUT2D eigenvalue weighted by atomic mass is 9.99. The topological polar surface area (TPSA) is 185 Å². The number of carboxylic acids is 1. The van der Waals surface area contributed by atoms with E-state index in [9.17, 15) is 35.1 Å². The van der Waals surface area contributed by atoms with Crippen LogP contribution in [0.1, 0.15) is 0 Å². The Balaban J connectivity index is 1.72. The number of aromatic hydroxyl groups is 1. The molecule has 0 saturated carbocycles. The van der Waals surface area contributed by atoms with E-state index in [2.05, 4.69) is 0 Å². The molecule has 2 aromatic carbocycles. The molecule has 12 nitrogen and oxygen atoms in total. The zero-order chi connectivity index (χ0) is 25.4. The Morgan fingerprint density at radius 2 is 1.66 bits per heavy atom. The third-order valence-electron chi connectivity index (χ3n) is 5.55. The molecule has 12 heteroatoms. The molecular weight excluding hydrogens is 468 g/mol. The Labute approximate surface area is 197 Å². The van der Waals surface area contributed by atoms with Gasteiger partial charge in [-0.25, -0.2) is 4.79 Å². The first-order valence-electron chi connectivity index (χ1n) is 10.3. The molecule has 5 atom stereocenters. The van der Waals surface area contributed by atoms with Gasteiger partial charge in [-0.3, -0.25) is 4.79 Å². The van der Waals surface area contributed by atoms with E-state index in [0.29, 0.717) is 17.1 Å². The van der Waals surface area contributed by atoms with E-state index in [1.807, 2.05) is 0 Å². The molecule has 4 rings (SSSR count). The van der Waals surface area contributed by atoms with Gasteiger partial charge in [0.25, 0.3) is 0 Å². The van der Waals surface area contributed by atoms with E-state index in [1.54, 1.807) is 12.1 Å². The Kier molecular flexibility index (Phi) is 6.54. The molecule has 1 saturated heterocycles. The lowest BCUT2D eigenvalue weighted by molar-refractivity contribution is -0.271. The summed E-state index contributed by atoms with van der Waals surface area (Å²) in [5.74, 6) is -1.60. The van der Waals surface area contributed by atoms with Gasteiger partial charge in [0.15, 0.2) is 23.4 Å². The number of hydrogen-bond acceptors (Lipinski definition) is 11. The number of carboxylic acid groups (broad SMARTS) is 1. The summed E-state index contributed by atoms with van der Waals surface area (Å²) < 4.78 is 26.8. The van der Waals surface area contributed by atoms with E-state index in [1.165, 1.54) is 38.5 Å². The van der Waals surface area contributed by atoms with Gasteiger partial charge in [0, 0.05) is 11.6 Å². The van der Waals surface area contributed by atoms with Crippen LogP contribution in [-0.2, 0) is 9.53 Å². The normalized spacial score (nSPS) is 24.2. The number of ether oxygens (including phenoxy) is 4. The molecule has 0 spiro atoms. The second kappa shape index (κ2) is 9.43. The van der Waals surface area contributed by atoms with Crippen LogP contribution >= 0.6 is 0 Å². The predicted octanol–water partition coefficient (Wildman–Crippen LogP) is 0.454. The number of aliphatic hydroxyl groups excluding tert-OH is 3. The van der Waals surface area contributed by atoms with Gasteiger partial charge in [-0.2, -0.15) is 0 Å². The third-order valence-corrected chi connectivity index (χ3v) is 5.55. The smallest absolute Gasteiger partial charge is 0.335 e. The maximum Gasteiger partial charge on any atom is 0.335 e. The largest absolute Gasteiger partial charge is 0.502 e. The second-order valence-electron chi connectivity index (χ2n) is 7.69. The minimum Gasteiger partial charge on any atom is -0.502 e. The number of carbonyl (C=O) groups is 1. The summed E-state index contributed by atoms with van der Waals surface area (Å²) >= 11 is 0. The highest BCUT2D eigenvalue weighted by molar-refractivity contribution is 5.83. The first-order chi connectivity index (χ1) is 16.7. The van der Waals surface area contributed by atoms with Crippen LogP contribution < -0.4 is 19.6 Å². The van der Waals surface area contributed by atoms with Gasteiger partial charge in [-0.1, -0.05) is 0 Å². The quantitative estimate of drug-likeness (QED) is 0.322. The minimum absolute atomic E-state index is 0.00393. The maximum absolute atomic E-state index is 12.8. The fourth-order valence-corrected chi connectivity index (χ4v) is 3.69. The molecule has 3 aromatic rings. The summed E-state index contributed by atoms with van der Waals surface area (Å²) in [5.41, 5.74) is -0.408. The maximum atomic E-state index is 12.8.